The van der Waals surface area contributed by atoms with E-state index >= 15 is 0 Å². The first-order valence-electron chi connectivity index (χ1n) is 2.04. The Hall–Kier alpha value is -1.20. The molecule has 0 aromatic carbocycles. The molecule has 9 heavy (non-hydrogen) atoms. The van der Waals surface area contributed by atoms with Gasteiger partial charge in [0.2, 0.25) is 0 Å². The van der Waals surface area contributed by atoms with E-state index in [1.807, 2.05) is 0 Å². The van der Waals surface area contributed by atoms with E-state index in [-0.39, 0.29) is 0 Å². The molecule has 0 radical (unpaired) electrons. The van der Waals surface area contributed by atoms with Gasteiger partial charge in [-0.25, -0.2) is 4.79 Å². The Morgan fingerprint density at radius 3 is 2.00 bits per heavy atom. The molecule has 1 saturated heterocycles. The molecule has 50 valence electrons. The third kappa shape index (κ3) is 0.823. The summed E-state index contributed by atoms with van der Waals surface area (Å²) in [5.74, 6) is -1.60. The van der Waals surface area contributed by atoms with Crippen molar-refractivity contribution in [2.45, 2.75) is 6.05 Å². The van der Waals surface area contributed by atoms with Crippen molar-refractivity contribution in [1.29, 1.82) is 0 Å². The van der Waals surface area contributed by atoms with Crippen molar-refractivity contribution in [3.8, 4) is 0 Å². The van der Waals surface area contributed by atoms with Gasteiger partial charge in [-0.05, 0) is 0 Å². The largest absolute Gasteiger partial charge is 0.406 e. The van der Waals surface area contributed by atoms with Crippen molar-refractivity contribution in [1.82, 2.24) is 10.6 Å². The highest BCUT2D eigenvalue weighted by Gasteiger charge is 2.47. The van der Waals surface area contributed by atoms with Crippen LogP contribution in [0.15, 0.2) is 0 Å². The molecule has 0 bridgehead atoms. The summed E-state index contributed by atoms with van der Waals surface area (Å²) in [6, 6.07) is -4.89. The topological polar surface area (TPSA) is 58.2 Å². The van der Waals surface area contributed by atoms with Crippen LogP contribution >= 0.6 is 0 Å². The van der Waals surface area contributed by atoms with E-state index in [1.165, 1.54) is 5.32 Å². The van der Waals surface area contributed by atoms with Gasteiger partial charge in [-0.15, -0.1) is 0 Å². The number of alkyl halides is 2. The van der Waals surface area contributed by atoms with E-state index in [4.69, 9.17) is 0 Å². The normalized spacial score (nSPS) is 23.3. The number of hydrogen-bond acceptors (Lipinski definition) is 2. The van der Waals surface area contributed by atoms with Crippen LogP contribution in [0.3, 0.4) is 0 Å². The predicted octanol–water partition coefficient (Wildman–Crippen LogP) is -0.581. The van der Waals surface area contributed by atoms with Crippen molar-refractivity contribution in [2.75, 3.05) is 0 Å². The molecule has 4 nitrogen and oxygen atoms in total. The molecular weight excluding hydrogens is 134 g/mol. The van der Waals surface area contributed by atoms with Gasteiger partial charge in [0.15, 0.2) is 0 Å². The molecule has 1 aliphatic rings. The molecule has 1 heterocycles. The second kappa shape index (κ2) is 1.40. The van der Waals surface area contributed by atoms with Gasteiger partial charge in [0, 0.05) is 0 Å². The first-order valence-corrected chi connectivity index (χ1v) is 2.04. The molecule has 2 N–H and O–H groups in total. The number of hydrogen-bond donors (Lipinski definition) is 2. The SMILES string of the molecule is O=C1NC(=O)C(F)(F)N1. The maximum Gasteiger partial charge on any atom is 0.406 e. The summed E-state index contributed by atoms with van der Waals surface area (Å²) in [4.78, 5) is 19.9. The zero-order valence-corrected chi connectivity index (χ0v) is 4.07. The Balaban J connectivity index is 2.81. The first kappa shape index (κ1) is 5.93. The first-order chi connectivity index (χ1) is 4.02. The van der Waals surface area contributed by atoms with Crippen LogP contribution in [0, 0.1) is 0 Å². The molecule has 0 atom stereocenters. The van der Waals surface area contributed by atoms with E-state index in [1.54, 1.807) is 0 Å². The van der Waals surface area contributed by atoms with E-state index in [0.717, 1.165) is 5.32 Å². The molecule has 1 fully saturated rings. The number of halogens is 2. The molecule has 0 aliphatic carbocycles. The van der Waals surface area contributed by atoms with Gasteiger partial charge in [0.1, 0.15) is 0 Å². The minimum atomic E-state index is -3.73. The fourth-order valence-corrected chi connectivity index (χ4v) is 0.412. The zero-order chi connectivity index (χ0) is 7.07. The van der Waals surface area contributed by atoms with Crippen LogP contribution in [0.2, 0.25) is 0 Å². The number of carbonyl (C=O) groups is 2. The zero-order valence-electron chi connectivity index (χ0n) is 4.07. The summed E-state index contributed by atoms with van der Waals surface area (Å²) in [6.07, 6.45) is 0. The molecule has 0 spiro atoms. The monoisotopic (exact) mass is 136 g/mol. The predicted molar refractivity (Wildman–Crippen MR) is 21.6 cm³/mol. The molecule has 1 rings (SSSR count). The summed E-state index contributed by atoms with van der Waals surface area (Å²) in [7, 11) is 0. The van der Waals surface area contributed by atoms with Crippen molar-refractivity contribution >= 4 is 11.9 Å². The van der Waals surface area contributed by atoms with Crippen LogP contribution in [0.25, 0.3) is 0 Å². The number of amides is 3. The fourth-order valence-electron chi connectivity index (χ4n) is 0.412. The smallest absolute Gasteiger partial charge is 0.271 e. The average molecular weight is 136 g/mol. The third-order valence-corrected chi connectivity index (χ3v) is 0.783. The second-order valence-corrected chi connectivity index (χ2v) is 1.48. The molecule has 3 amide bonds. The number of urea groups is 1. The van der Waals surface area contributed by atoms with Crippen molar-refractivity contribution in [3.63, 3.8) is 0 Å². The summed E-state index contributed by atoms with van der Waals surface area (Å²) in [5.41, 5.74) is 0. The minimum absolute atomic E-state index is 1.11. The molecule has 0 unspecified atom stereocenters. The summed E-state index contributed by atoms with van der Waals surface area (Å²) in [5, 5.41) is 2.48. The second-order valence-electron chi connectivity index (χ2n) is 1.48. The Kier molecular flexibility index (Phi) is 0.920. The van der Waals surface area contributed by atoms with E-state index < -0.39 is 18.0 Å². The van der Waals surface area contributed by atoms with Crippen molar-refractivity contribution < 1.29 is 18.4 Å². The maximum atomic E-state index is 11.8. The lowest BCUT2D eigenvalue weighted by Crippen LogP contribution is -2.36. The van der Waals surface area contributed by atoms with Gasteiger partial charge in [0.25, 0.3) is 0 Å². The summed E-state index contributed by atoms with van der Waals surface area (Å²) in [6.45, 7) is 0. The highest BCUT2D eigenvalue weighted by atomic mass is 19.3. The fraction of sp³-hybridized carbons (Fsp3) is 0.333. The van der Waals surface area contributed by atoms with Gasteiger partial charge in [-0.3, -0.25) is 15.4 Å². The molecule has 1 aliphatic heterocycles. The van der Waals surface area contributed by atoms with Gasteiger partial charge >= 0.3 is 18.0 Å². The number of nitrogens with one attached hydrogen (secondary N) is 2. The minimum Gasteiger partial charge on any atom is -0.271 e. The Labute approximate surface area is 48.2 Å². The molecule has 0 saturated carbocycles. The van der Waals surface area contributed by atoms with Crippen LogP contribution in [-0.2, 0) is 4.79 Å². The van der Waals surface area contributed by atoms with Crippen LogP contribution in [0.5, 0.6) is 0 Å². The Bertz CT molecular complexity index is 179. The van der Waals surface area contributed by atoms with Gasteiger partial charge in [-0.2, -0.15) is 8.78 Å². The van der Waals surface area contributed by atoms with E-state index in [2.05, 4.69) is 0 Å². The number of carbonyl (C=O) groups excluding carboxylic acids is 2. The lowest BCUT2D eigenvalue weighted by molar-refractivity contribution is -0.142. The van der Waals surface area contributed by atoms with Crippen molar-refractivity contribution in [2.24, 2.45) is 0 Å². The highest BCUT2D eigenvalue weighted by Crippen LogP contribution is 2.12. The Morgan fingerprint density at radius 1 is 1.33 bits per heavy atom. The highest BCUT2D eigenvalue weighted by molar-refractivity contribution is 6.04. The summed E-state index contributed by atoms with van der Waals surface area (Å²) >= 11 is 0. The quantitative estimate of drug-likeness (QED) is 0.345. The Morgan fingerprint density at radius 2 is 1.89 bits per heavy atom. The lowest BCUT2D eigenvalue weighted by atomic mass is 10.6. The van der Waals surface area contributed by atoms with Gasteiger partial charge in [-0.1, -0.05) is 0 Å². The van der Waals surface area contributed by atoms with E-state index in [0.29, 0.717) is 0 Å². The van der Waals surface area contributed by atoms with Crippen LogP contribution in [0.1, 0.15) is 0 Å². The summed E-state index contributed by atoms with van der Waals surface area (Å²) < 4.78 is 23.7. The molecule has 6 heteroatoms. The average Bonchev–Trinajstić information content (AvgIpc) is 1.79. The van der Waals surface area contributed by atoms with Gasteiger partial charge in [0.05, 0.1) is 0 Å². The molecule has 0 aromatic heterocycles. The van der Waals surface area contributed by atoms with E-state index in [9.17, 15) is 18.4 Å². The molecule has 0 aromatic rings. The third-order valence-electron chi connectivity index (χ3n) is 0.783. The molecular formula is C3H2F2N2O2. The van der Waals surface area contributed by atoms with Crippen molar-refractivity contribution in [3.05, 3.63) is 0 Å². The maximum absolute atomic E-state index is 11.8. The van der Waals surface area contributed by atoms with Crippen LogP contribution in [-0.4, -0.2) is 18.0 Å². The van der Waals surface area contributed by atoms with Crippen LogP contribution < -0.4 is 10.6 Å². The van der Waals surface area contributed by atoms with Crippen LogP contribution in [0.4, 0.5) is 13.6 Å². The standard InChI is InChI=1S/C3H2F2N2O2/c4-3(5)1(8)6-2(9)7-3/h(H2,6,7,8,9). The lowest BCUT2D eigenvalue weighted by Gasteiger charge is -2.00. The van der Waals surface area contributed by atoms with Gasteiger partial charge < -0.3 is 0 Å². The number of rotatable bonds is 0. The number of imide groups is 1.